The van der Waals surface area contributed by atoms with Crippen molar-refractivity contribution in [3.63, 3.8) is 0 Å². The second-order valence-corrected chi connectivity index (χ2v) is 4.36. The molecule has 0 aliphatic rings. The Morgan fingerprint density at radius 3 is 2.78 bits per heavy atom. The fraction of sp³-hybridized carbons (Fsp3) is 0.154. The summed E-state index contributed by atoms with van der Waals surface area (Å²) in [5.41, 5.74) is 1.82. The third-order valence-electron chi connectivity index (χ3n) is 2.49. The van der Waals surface area contributed by atoms with Gasteiger partial charge in [-0.3, -0.25) is 0 Å². The minimum atomic E-state index is 0.335. The summed E-state index contributed by atoms with van der Waals surface area (Å²) in [6.45, 7) is 0.335. The van der Waals surface area contributed by atoms with E-state index in [-0.39, 0.29) is 0 Å². The van der Waals surface area contributed by atoms with Gasteiger partial charge in [-0.05, 0) is 24.3 Å². The van der Waals surface area contributed by atoms with Crippen LogP contribution in [-0.2, 0) is 6.61 Å². The van der Waals surface area contributed by atoms with Crippen molar-refractivity contribution in [2.75, 3.05) is 12.4 Å². The van der Waals surface area contributed by atoms with Gasteiger partial charge < -0.3 is 10.1 Å². The van der Waals surface area contributed by atoms with Gasteiger partial charge in [0, 0.05) is 29.5 Å². The molecule has 0 radical (unpaired) electrons. The first-order chi connectivity index (χ1) is 8.72. The largest absolute Gasteiger partial charge is 0.486 e. The van der Waals surface area contributed by atoms with Crippen molar-refractivity contribution < 1.29 is 4.74 Å². The van der Waals surface area contributed by atoms with Crippen LogP contribution >= 0.6 is 23.2 Å². The number of nitrogens with one attached hydrogen (secondary N) is 1. The van der Waals surface area contributed by atoms with E-state index < -0.39 is 0 Å². The lowest BCUT2D eigenvalue weighted by atomic mass is 10.2. The number of nitrogens with zero attached hydrogens (tertiary/aromatic N) is 1. The zero-order valence-corrected chi connectivity index (χ0v) is 11.3. The highest BCUT2D eigenvalue weighted by Gasteiger charge is 2.08. The lowest BCUT2D eigenvalue weighted by Crippen LogP contribution is -2.02. The second kappa shape index (κ2) is 5.94. The van der Waals surface area contributed by atoms with E-state index in [2.05, 4.69) is 10.3 Å². The van der Waals surface area contributed by atoms with Crippen molar-refractivity contribution in [1.29, 1.82) is 0 Å². The molecule has 0 saturated heterocycles. The van der Waals surface area contributed by atoms with Crippen LogP contribution in [0.25, 0.3) is 0 Å². The number of pyridine rings is 1. The van der Waals surface area contributed by atoms with Gasteiger partial charge in [-0.1, -0.05) is 29.3 Å². The summed E-state index contributed by atoms with van der Waals surface area (Å²) in [4.78, 5) is 3.95. The number of hydrogen-bond acceptors (Lipinski definition) is 3. The normalized spacial score (nSPS) is 10.2. The Bertz CT molecular complexity index is 546. The van der Waals surface area contributed by atoms with Crippen LogP contribution in [-0.4, -0.2) is 12.0 Å². The molecule has 0 fully saturated rings. The van der Waals surface area contributed by atoms with Crippen LogP contribution < -0.4 is 10.1 Å². The van der Waals surface area contributed by atoms with Crippen LogP contribution in [0.15, 0.2) is 36.5 Å². The average Bonchev–Trinajstić information content (AvgIpc) is 2.39. The molecule has 1 heterocycles. The van der Waals surface area contributed by atoms with Crippen LogP contribution in [0.4, 0.5) is 5.69 Å². The number of anilines is 1. The van der Waals surface area contributed by atoms with Crippen molar-refractivity contribution in [3.05, 3.63) is 52.3 Å². The molecule has 1 N–H and O–H groups in total. The highest BCUT2D eigenvalue weighted by Crippen LogP contribution is 2.27. The predicted octanol–water partition coefficient (Wildman–Crippen LogP) is 4.01. The monoisotopic (exact) mass is 282 g/mol. The number of aromatic nitrogens is 1. The molecule has 5 heteroatoms. The molecule has 2 rings (SSSR count). The Kier molecular flexibility index (Phi) is 4.28. The van der Waals surface area contributed by atoms with E-state index in [0.29, 0.717) is 22.5 Å². The van der Waals surface area contributed by atoms with Gasteiger partial charge in [0.2, 0.25) is 0 Å². The fourth-order valence-electron chi connectivity index (χ4n) is 1.57. The number of rotatable bonds is 4. The van der Waals surface area contributed by atoms with E-state index in [9.17, 15) is 0 Å². The van der Waals surface area contributed by atoms with E-state index in [1.807, 2.05) is 25.2 Å². The van der Waals surface area contributed by atoms with Gasteiger partial charge in [-0.25, -0.2) is 4.98 Å². The molecule has 0 aliphatic carbocycles. The van der Waals surface area contributed by atoms with E-state index >= 15 is 0 Å². The molecule has 94 valence electrons. The van der Waals surface area contributed by atoms with E-state index in [1.165, 1.54) is 0 Å². The van der Waals surface area contributed by atoms with E-state index in [4.69, 9.17) is 27.9 Å². The molecular formula is C13H12Cl2N2O. The molecule has 0 unspecified atom stereocenters. The Labute approximate surface area is 116 Å². The SMILES string of the molecule is CNc1cccc(Cl)c1COc1cccnc1Cl. The van der Waals surface area contributed by atoms with Crippen LogP contribution in [0.5, 0.6) is 5.75 Å². The number of halogens is 2. The van der Waals surface area contributed by atoms with Gasteiger partial charge in [-0.15, -0.1) is 0 Å². The van der Waals surface area contributed by atoms with Crippen molar-refractivity contribution in [3.8, 4) is 5.75 Å². The van der Waals surface area contributed by atoms with Gasteiger partial charge in [0.05, 0.1) is 0 Å². The first-order valence-electron chi connectivity index (χ1n) is 5.41. The summed E-state index contributed by atoms with van der Waals surface area (Å²) in [6, 6.07) is 9.19. The summed E-state index contributed by atoms with van der Waals surface area (Å²) in [5, 5.41) is 4.07. The lowest BCUT2D eigenvalue weighted by molar-refractivity contribution is 0.306. The maximum absolute atomic E-state index is 6.15. The van der Waals surface area contributed by atoms with Gasteiger partial charge in [0.15, 0.2) is 10.9 Å². The van der Waals surface area contributed by atoms with Crippen LogP contribution in [0.3, 0.4) is 0 Å². The number of hydrogen-bond donors (Lipinski definition) is 1. The molecule has 0 saturated carbocycles. The standard InChI is InChI=1S/C13H12Cl2N2O/c1-16-11-5-2-4-10(14)9(11)8-18-12-6-3-7-17-13(12)15/h2-7,16H,8H2,1H3. The minimum Gasteiger partial charge on any atom is -0.486 e. The first-order valence-corrected chi connectivity index (χ1v) is 6.16. The van der Waals surface area contributed by atoms with Crippen LogP contribution in [0.1, 0.15) is 5.56 Å². The van der Waals surface area contributed by atoms with Crippen molar-refractivity contribution in [2.24, 2.45) is 0 Å². The summed E-state index contributed by atoms with van der Waals surface area (Å²) in [5.74, 6) is 0.543. The molecule has 0 atom stereocenters. The molecule has 18 heavy (non-hydrogen) atoms. The van der Waals surface area contributed by atoms with E-state index in [0.717, 1.165) is 11.3 Å². The topological polar surface area (TPSA) is 34.1 Å². The molecule has 3 nitrogen and oxygen atoms in total. The number of ether oxygens (including phenoxy) is 1. The Morgan fingerprint density at radius 1 is 1.22 bits per heavy atom. The average molecular weight is 283 g/mol. The highest BCUT2D eigenvalue weighted by molar-refractivity contribution is 6.31. The summed E-state index contributed by atoms with van der Waals surface area (Å²) >= 11 is 12.1. The Hall–Kier alpha value is -1.45. The molecular weight excluding hydrogens is 271 g/mol. The lowest BCUT2D eigenvalue weighted by Gasteiger charge is -2.12. The predicted molar refractivity (Wildman–Crippen MR) is 74.6 cm³/mol. The third-order valence-corrected chi connectivity index (χ3v) is 3.12. The summed E-state index contributed by atoms with van der Waals surface area (Å²) in [6.07, 6.45) is 1.61. The van der Waals surface area contributed by atoms with Gasteiger partial charge in [-0.2, -0.15) is 0 Å². The van der Waals surface area contributed by atoms with Crippen LogP contribution in [0.2, 0.25) is 10.2 Å². The van der Waals surface area contributed by atoms with Crippen molar-refractivity contribution in [2.45, 2.75) is 6.61 Å². The minimum absolute atomic E-state index is 0.335. The third kappa shape index (κ3) is 2.86. The molecule has 2 aromatic rings. The quantitative estimate of drug-likeness (QED) is 0.861. The van der Waals surface area contributed by atoms with Gasteiger partial charge >= 0.3 is 0 Å². The molecule has 1 aromatic carbocycles. The fourth-order valence-corrected chi connectivity index (χ4v) is 1.97. The van der Waals surface area contributed by atoms with Crippen molar-refractivity contribution >= 4 is 28.9 Å². The van der Waals surface area contributed by atoms with Crippen molar-refractivity contribution in [1.82, 2.24) is 4.98 Å². The Balaban J connectivity index is 2.18. The zero-order valence-electron chi connectivity index (χ0n) is 9.78. The first kappa shape index (κ1) is 13.0. The molecule has 0 spiro atoms. The molecule has 0 bridgehead atoms. The van der Waals surface area contributed by atoms with Crippen LogP contribution in [0, 0.1) is 0 Å². The number of benzene rings is 1. The smallest absolute Gasteiger partial charge is 0.171 e. The van der Waals surface area contributed by atoms with Gasteiger partial charge in [0.25, 0.3) is 0 Å². The maximum atomic E-state index is 6.15. The molecule has 0 amide bonds. The molecule has 0 aliphatic heterocycles. The molecule has 1 aromatic heterocycles. The second-order valence-electron chi connectivity index (χ2n) is 3.60. The highest BCUT2D eigenvalue weighted by atomic mass is 35.5. The van der Waals surface area contributed by atoms with Gasteiger partial charge in [0.1, 0.15) is 6.61 Å². The summed E-state index contributed by atoms with van der Waals surface area (Å²) in [7, 11) is 1.84. The maximum Gasteiger partial charge on any atom is 0.171 e. The zero-order chi connectivity index (χ0) is 13.0. The summed E-state index contributed by atoms with van der Waals surface area (Å²) < 4.78 is 5.63. The van der Waals surface area contributed by atoms with E-state index in [1.54, 1.807) is 18.3 Å². The Morgan fingerprint density at radius 2 is 2.06 bits per heavy atom.